The molecule has 82 valence electrons. The minimum atomic E-state index is -0.0742. The van der Waals surface area contributed by atoms with Gasteiger partial charge in [0.25, 0.3) is 0 Å². The smallest absolute Gasteiger partial charge is 0.108 e. The highest BCUT2D eigenvalue weighted by Gasteiger charge is 2.31. The summed E-state index contributed by atoms with van der Waals surface area (Å²) >= 11 is 0. The van der Waals surface area contributed by atoms with E-state index in [-0.39, 0.29) is 6.10 Å². The summed E-state index contributed by atoms with van der Waals surface area (Å²) in [5.74, 6) is 1.15. The fourth-order valence-corrected chi connectivity index (χ4v) is 2.67. The molecule has 2 N–H and O–H groups in total. The molecule has 1 unspecified atom stereocenters. The van der Waals surface area contributed by atoms with Crippen molar-refractivity contribution >= 4 is 0 Å². The Balaban J connectivity index is 1.68. The van der Waals surface area contributed by atoms with Crippen molar-refractivity contribution in [3.63, 3.8) is 0 Å². The minimum absolute atomic E-state index is 0.0742. The van der Waals surface area contributed by atoms with Gasteiger partial charge in [-0.15, -0.1) is 0 Å². The first-order valence-electron chi connectivity index (χ1n) is 5.83. The van der Waals surface area contributed by atoms with E-state index >= 15 is 0 Å². The predicted molar refractivity (Wildman–Crippen MR) is 56.6 cm³/mol. The van der Waals surface area contributed by atoms with Crippen molar-refractivity contribution in [1.29, 1.82) is 0 Å². The second-order valence-electron chi connectivity index (χ2n) is 4.73. The van der Waals surface area contributed by atoms with Crippen LogP contribution in [0.4, 0.5) is 0 Å². The zero-order valence-electron chi connectivity index (χ0n) is 8.78. The third-order valence-electron chi connectivity index (χ3n) is 3.60. The standard InChI is InChI=1S/C12H17NO2/c14-9-6-8(7-9)13-11-2-1-3-12-10(11)4-5-15-12/h4-5,8-9,11,13-14H,1-3,6-7H2. The molecule has 2 aliphatic carbocycles. The summed E-state index contributed by atoms with van der Waals surface area (Å²) in [5, 5.41) is 12.9. The van der Waals surface area contributed by atoms with Crippen molar-refractivity contribution < 1.29 is 9.52 Å². The quantitative estimate of drug-likeness (QED) is 0.777. The molecule has 3 nitrogen and oxygen atoms in total. The Kier molecular flexibility index (Phi) is 2.29. The molecular formula is C12H17NO2. The molecule has 0 spiro atoms. The molecule has 1 aromatic heterocycles. The molecule has 0 radical (unpaired) electrons. The molecule has 3 heteroatoms. The number of fused-ring (bicyclic) bond motifs is 1. The summed E-state index contributed by atoms with van der Waals surface area (Å²) in [7, 11) is 0. The molecule has 0 aromatic carbocycles. The van der Waals surface area contributed by atoms with E-state index in [1.165, 1.54) is 18.4 Å². The van der Waals surface area contributed by atoms with Gasteiger partial charge < -0.3 is 14.8 Å². The number of rotatable bonds is 2. The van der Waals surface area contributed by atoms with Crippen molar-refractivity contribution in [2.75, 3.05) is 0 Å². The summed E-state index contributed by atoms with van der Waals surface area (Å²) in [5.41, 5.74) is 1.34. The topological polar surface area (TPSA) is 45.4 Å². The lowest BCUT2D eigenvalue weighted by Gasteiger charge is -2.36. The van der Waals surface area contributed by atoms with Crippen LogP contribution in [-0.2, 0) is 6.42 Å². The number of aliphatic hydroxyl groups excluding tert-OH is 1. The highest BCUT2D eigenvalue weighted by Crippen LogP contribution is 2.32. The Hall–Kier alpha value is -0.800. The number of aliphatic hydroxyl groups is 1. The number of furan rings is 1. The van der Waals surface area contributed by atoms with Crippen LogP contribution in [0.1, 0.15) is 43.0 Å². The normalized spacial score (nSPS) is 34.6. The third-order valence-corrected chi connectivity index (χ3v) is 3.60. The lowest BCUT2D eigenvalue weighted by molar-refractivity contribution is 0.0565. The Morgan fingerprint density at radius 2 is 2.27 bits per heavy atom. The fourth-order valence-electron chi connectivity index (χ4n) is 2.67. The molecule has 1 aromatic rings. The van der Waals surface area contributed by atoms with Crippen LogP contribution in [0.25, 0.3) is 0 Å². The first-order valence-corrected chi connectivity index (χ1v) is 5.83. The van der Waals surface area contributed by atoms with E-state index < -0.39 is 0 Å². The maximum atomic E-state index is 9.24. The van der Waals surface area contributed by atoms with Crippen LogP contribution in [0.2, 0.25) is 0 Å². The summed E-state index contributed by atoms with van der Waals surface area (Å²) in [6.07, 6.45) is 7.00. The summed E-state index contributed by atoms with van der Waals surface area (Å²) in [6.45, 7) is 0. The maximum absolute atomic E-state index is 9.24. The van der Waals surface area contributed by atoms with Crippen LogP contribution in [0.15, 0.2) is 16.7 Å². The first kappa shape index (κ1) is 9.43. The van der Waals surface area contributed by atoms with Gasteiger partial charge in [-0.1, -0.05) is 0 Å². The van der Waals surface area contributed by atoms with Gasteiger partial charge in [-0.25, -0.2) is 0 Å². The van der Waals surface area contributed by atoms with Gasteiger partial charge in [-0.05, 0) is 31.7 Å². The average molecular weight is 207 g/mol. The van der Waals surface area contributed by atoms with Crippen molar-refractivity contribution in [2.45, 2.75) is 50.3 Å². The van der Waals surface area contributed by atoms with E-state index in [1.807, 2.05) is 0 Å². The summed E-state index contributed by atoms with van der Waals surface area (Å²) < 4.78 is 5.45. The van der Waals surface area contributed by atoms with E-state index in [0.29, 0.717) is 12.1 Å². The van der Waals surface area contributed by atoms with Gasteiger partial charge in [-0.2, -0.15) is 0 Å². The number of hydrogen-bond acceptors (Lipinski definition) is 3. The molecule has 0 saturated heterocycles. The van der Waals surface area contributed by atoms with Gasteiger partial charge >= 0.3 is 0 Å². The van der Waals surface area contributed by atoms with Gasteiger partial charge in [0.1, 0.15) is 5.76 Å². The lowest BCUT2D eigenvalue weighted by atomic mass is 9.86. The minimum Gasteiger partial charge on any atom is -0.469 e. The molecule has 1 heterocycles. The van der Waals surface area contributed by atoms with E-state index in [1.54, 1.807) is 6.26 Å². The molecule has 3 rings (SSSR count). The van der Waals surface area contributed by atoms with Crippen molar-refractivity contribution in [3.8, 4) is 0 Å². The number of nitrogens with one attached hydrogen (secondary N) is 1. The van der Waals surface area contributed by atoms with Crippen molar-refractivity contribution in [2.24, 2.45) is 0 Å². The molecule has 1 fully saturated rings. The summed E-state index contributed by atoms with van der Waals surface area (Å²) in [4.78, 5) is 0. The summed E-state index contributed by atoms with van der Waals surface area (Å²) in [6, 6.07) is 3.04. The van der Waals surface area contributed by atoms with Crippen LogP contribution in [-0.4, -0.2) is 17.3 Å². The van der Waals surface area contributed by atoms with Gasteiger partial charge in [-0.3, -0.25) is 0 Å². The van der Waals surface area contributed by atoms with E-state index in [2.05, 4.69) is 11.4 Å². The van der Waals surface area contributed by atoms with Crippen molar-refractivity contribution in [1.82, 2.24) is 5.32 Å². The van der Waals surface area contributed by atoms with Crippen LogP contribution in [0.3, 0.4) is 0 Å². The Bertz CT molecular complexity index is 341. The Morgan fingerprint density at radius 1 is 1.40 bits per heavy atom. The fraction of sp³-hybridized carbons (Fsp3) is 0.667. The average Bonchev–Trinajstić information content (AvgIpc) is 2.64. The van der Waals surface area contributed by atoms with Crippen LogP contribution in [0, 0.1) is 0 Å². The number of hydrogen-bond donors (Lipinski definition) is 2. The van der Waals surface area contributed by atoms with Crippen LogP contribution < -0.4 is 5.32 Å². The molecule has 0 amide bonds. The first-order chi connectivity index (χ1) is 7.33. The SMILES string of the molecule is OC1CC(NC2CCCc3occc32)C1. The van der Waals surface area contributed by atoms with Gasteiger partial charge in [0.15, 0.2) is 0 Å². The van der Waals surface area contributed by atoms with Crippen LogP contribution >= 0.6 is 0 Å². The van der Waals surface area contributed by atoms with Gasteiger partial charge in [0.2, 0.25) is 0 Å². The van der Waals surface area contributed by atoms with Gasteiger partial charge in [0.05, 0.1) is 12.4 Å². The zero-order valence-corrected chi connectivity index (χ0v) is 8.78. The lowest BCUT2D eigenvalue weighted by Crippen LogP contribution is -2.46. The molecule has 0 aliphatic heterocycles. The predicted octanol–water partition coefficient (Wildman–Crippen LogP) is 1.77. The molecule has 15 heavy (non-hydrogen) atoms. The highest BCUT2D eigenvalue weighted by molar-refractivity contribution is 5.24. The largest absolute Gasteiger partial charge is 0.469 e. The molecule has 1 atom stereocenters. The Morgan fingerprint density at radius 3 is 3.07 bits per heavy atom. The zero-order chi connectivity index (χ0) is 10.3. The molecule has 0 bridgehead atoms. The van der Waals surface area contributed by atoms with E-state index in [9.17, 15) is 5.11 Å². The Labute approximate surface area is 89.5 Å². The molecular weight excluding hydrogens is 190 g/mol. The third kappa shape index (κ3) is 1.70. The second-order valence-corrected chi connectivity index (χ2v) is 4.73. The second kappa shape index (κ2) is 3.65. The monoisotopic (exact) mass is 207 g/mol. The van der Waals surface area contributed by atoms with E-state index in [4.69, 9.17) is 4.42 Å². The molecule has 1 saturated carbocycles. The van der Waals surface area contributed by atoms with E-state index in [0.717, 1.165) is 25.0 Å². The molecule has 2 aliphatic rings. The highest BCUT2D eigenvalue weighted by atomic mass is 16.3. The number of aryl methyl sites for hydroxylation is 1. The maximum Gasteiger partial charge on any atom is 0.108 e. The van der Waals surface area contributed by atoms with Gasteiger partial charge in [0, 0.05) is 24.1 Å². The van der Waals surface area contributed by atoms with Crippen molar-refractivity contribution in [3.05, 3.63) is 23.7 Å². The van der Waals surface area contributed by atoms with Crippen LogP contribution in [0.5, 0.6) is 0 Å².